The number of rotatable bonds is 7. The van der Waals surface area contributed by atoms with Gasteiger partial charge >= 0.3 is 0 Å². The van der Waals surface area contributed by atoms with Gasteiger partial charge in [-0.3, -0.25) is 4.21 Å². The van der Waals surface area contributed by atoms with E-state index >= 15 is 0 Å². The Balaban J connectivity index is 2.63. The van der Waals surface area contributed by atoms with Gasteiger partial charge in [-0.2, -0.15) is 0 Å². The summed E-state index contributed by atoms with van der Waals surface area (Å²) in [4.78, 5) is 0.492. The summed E-state index contributed by atoms with van der Waals surface area (Å²) in [6, 6.07) is 5.82. The van der Waals surface area contributed by atoms with Gasteiger partial charge in [0.15, 0.2) is 0 Å². The van der Waals surface area contributed by atoms with Crippen molar-refractivity contribution in [3.8, 4) is 0 Å². The highest BCUT2D eigenvalue weighted by molar-refractivity contribution is 7.85. The average Bonchev–Trinajstić information content (AvgIpc) is 2.29. The zero-order valence-corrected chi connectivity index (χ0v) is 10.7. The van der Waals surface area contributed by atoms with Crippen molar-refractivity contribution in [2.45, 2.75) is 24.3 Å². The zero-order chi connectivity index (χ0) is 12.7. The summed E-state index contributed by atoms with van der Waals surface area (Å²) in [5.74, 6) is 0.00992. The lowest BCUT2D eigenvalue weighted by atomic mass is 10.2. The summed E-state index contributed by atoms with van der Waals surface area (Å²) in [7, 11) is -1.24. The first-order chi connectivity index (χ1) is 8.17. The van der Waals surface area contributed by atoms with Gasteiger partial charge in [-0.25, -0.2) is 4.39 Å². The van der Waals surface area contributed by atoms with E-state index in [-0.39, 0.29) is 18.5 Å². The molecule has 1 rings (SSSR count). The van der Waals surface area contributed by atoms with E-state index < -0.39 is 10.8 Å². The number of nitrogens with one attached hydrogen (secondary N) is 1. The molecule has 1 aromatic rings. The molecule has 3 nitrogen and oxygen atoms in total. The highest BCUT2D eigenvalue weighted by Gasteiger charge is 2.13. The second-order valence-electron chi connectivity index (χ2n) is 3.74. The normalized spacial score (nSPS) is 14.5. The molecular weight excluding hydrogens is 241 g/mol. The number of benzene rings is 1. The Hall–Kier alpha value is -0.780. The number of hydrogen-bond acceptors (Lipinski definition) is 3. The van der Waals surface area contributed by atoms with Gasteiger partial charge < -0.3 is 10.4 Å². The molecule has 5 heteroatoms. The average molecular weight is 259 g/mol. The third-order valence-corrected chi connectivity index (χ3v) is 3.87. The number of hydrogen-bond donors (Lipinski definition) is 2. The molecule has 17 heavy (non-hydrogen) atoms. The Labute approximate surface area is 104 Å². The molecule has 0 aliphatic heterocycles. The smallest absolute Gasteiger partial charge is 0.124 e. The van der Waals surface area contributed by atoms with Gasteiger partial charge in [-0.15, -0.1) is 0 Å². The minimum atomic E-state index is -1.24. The Morgan fingerprint density at radius 1 is 1.53 bits per heavy atom. The predicted octanol–water partition coefficient (Wildman–Crippen LogP) is 1.29. The molecule has 0 amide bonds. The van der Waals surface area contributed by atoms with Crippen LogP contribution in [0, 0.1) is 5.82 Å². The maximum absolute atomic E-state index is 13.0. The summed E-state index contributed by atoms with van der Waals surface area (Å²) in [6.07, 6.45) is 0.550. The molecule has 1 aromatic carbocycles. The second kappa shape index (κ2) is 7.53. The van der Waals surface area contributed by atoms with E-state index in [1.165, 1.54) is 12.1 Å². The number of aliphatic hydroxyl groups excluding tert-OH is 1. The Kier molecular flexibility index (Phi) is 6.32. The van der Waals surface area contributed by atoms with Crippen molar-refractivity contribution < 1.29 is 13.7 Å². The summed E-state index contributed by atoms with van der Waals surface area (Å²) in [5.41, 5.74) is 0. The predicted molar refractivity (Wildman–Crippen MR) is 66.8 cm³/mol. The third-order valence-electron chi connectivity index (χ3n) is 2.38. The van der Waals surface area contributed by atoms with Gasteiger partial charge in [0.25, 0.3) is 0 Å². The number of halogens is 1. The van der Waals surface area contributed by atoms with Crippen LogP contribution < -0.4 is 5.32 Å². The molecule has 0 radical (unpaired) electrons. The fourth-order valence-electron chi connectivity index (χ4n) is 1.58. The van der Waals surface area contributed by atoms with Gasteiger partial charge in [0, 0.05) is 23.3 Å². The quantitative estimate of drug-likeness (QED) is 0.776. The molecule has 0 aliphatic carbocycles. The first-order valence-corrected chi connectivity index (χ1v) is 6.97. The molecule has 0 bridgehead atoms. The van der Waals surface area contributed by atoms with Crippen LogP contribution in [0.15, 0.2) is 29.2 Å². The molecular formula is C12H18FNO2S. The Morgan fingerprint density at radius 3 is 2.88 bits per heavy atom. The van der Waals surface area contributed by atoms with Crippen molar-refractivity contribution in [2.24, 2.45) is 0 Å². The maximum atomic E-state index is 13.0. The molecule has 0 saturated carbocycles. The molecule has 96 valence electrons. The maximum Gasteiger partial charge on any atom is 0.124 e. The van der Waals surface area contributed by atoms with E-state index in [9.17, 15) is 8.60 Å². The van der Waals surface area contributed by atoms with Crippen LogP contribution in [0.3, 0.4) is 0 Å². The van der Waals surface area contributed by atoms with Crippen LogP contribution in [-0.2, 0) is 10.8 Å². The second-order valence-corrected chi connectivity index (χ2v) is 5.23. The van der Waals surface area contributed by atoms with Crippen LogP contribution >= 0.6 is 0 Å². The van der Waals surface area contributed by atoms with E-state index in [0.717, 1.165) is 6.54 Å². The lowest BCUT2D eigenvalue weighted by Crippen LogP contribution is -2.34. The lowest BCUT2D eigenvalue weighted by Gasteiger charge is -2.16. The van der Waals surface area contributed by atoms with Crippen molar-refractivity contribution in [3.05, 3.63) is 30.1 Å². The van der Waals surface area contributed by atoms with Crippen molar-refractivity contribution >= 4 is 10.8 Å². The number of aliphatic hydroxyl groups is 1. The monoisotopic (exact) mass is 259 g/mol. The highest BCUT2D eigenvalue weighted by atomic mass is 32.2. The largest absolute Gasteiger partial charge is 0.396 e. The molecule has 2 atom stereocenters. The first kappa shape index (κ1) is 14.3. The van der Waals surface area contributed by atoms with E-state index in [2.05, 4.69) is 5.32 Å². The van der Waals surface area contributed by atoms with Gasteiger partial charge in [-0.1, -0.05) is 13.0 Å². The first-order valence-electron chi connectivity index (χ1n) is 5.65. The minimum Gasteiger partial charge on any atom is -0.396 e. The molecule has 0 aliphatic rings. The van der Waals surface area contributed by atoms with Crippen LogP contribution in [0.2, 0.25) is 0 Å². The van der Waals surface area contributed by atoms with E-state index in [4.69, 9.17) is 5.11 Å². The van der Waals surface area contributed by atoms with E-state index in [1.54, 1.807) is 12.1 Å². The van der Waals surface area contributed by atoms with Crippen molar-refractivity contribution in [2.75, 3.05) is 18.9 Å². The van der Waals surface area contributed by atoms with E-state index in [1.807, 2.05) is 6.92 Å². The third kappa shape index (κ3) is 4.93. The molecule has 0 spiro atoms. The molecule has 0 heterocycles. The van der Waals surface area contributed by atoms with Crippen molar-refractivity contribution in [3.63, 3.8) is 0 Å². The van der Waals surface area contributed by atoms with Crippen LogP contribution in [0.5, 0.6) is 0 Å². The molecule has 0 aromatic heterocycles. The van der Waals surface area contributed by atoms with Crippen LogP contribution in [0.4, 0.5) is 4.39 Å². The van der Waals surface area contributed by atoms with Gasteiger partial charge in [0.2, 0.25) is 0 Å². The Morgan fingerprint density at radius 2 is 2.29 bits per heavy atom. The summed E-state index contributed by atoms with van der Waals surface area (Å²) >= 11 is 0. The lowest BCUT2D eigenvalue weighted by molar-refractivity contribution is 0.270. The summed E-state index contributed by atoms with van der Waals surface area (Å²) in [5, 5.41) is 12.0. The molecule has 2 N–H and O–H groups in total. The standard InChI is InChI=1S/C12H18FNO2S/c1-2-14-11(6-7-15)9-17(16)12-5-3-4-10(13)8-12/h3-5,8,11,14-15H,2,6-7,9H2,1H3. The fraction of sp³-hybridized carbons (Fsp3) is 0.500. The fourth-order valence-corrected chi connectivity index (χ4v) is 2.89. The van der Waals surface area contributed by atoms with Gasteiger partial charge in [-0.05, 0) is 31.2 Å². The Bertz CT molecular complexity index is 367. The van der Waals surface area contributed by atoms with Crippen LogP contribution in [-0.4, -0.2) is 34.3 Å². The minimum absolute atomic E-state index is 0.00546. The zero-order valence-electron chi connectivity index (χ0n) is 9.86. The summed E-state index contributed by atoms with van der Waals surface area (Å²) in [6.45, 7) is 2.76. The van der Waals surface area contributed by atoms with Crippen LogP contribution in [0.1, 0.15) is 13.3 Å². The van der Waals surface area contributed by atoms with Crippen molar-refractivity contribution in [1.29, 1.82) is 0 Å². The SMILES string of the molecule is CCNC(CCO)CS(=O)c1cccc(F)c1. The summed E-state index contributed by atoms with van der Waals surface area (Å²) < 4.78 is 25.0. The van der Waals surface area contributed by atoms with Gasteiger partial charge in [0.1, 0.15) is 5.82 Å². The van der Waals surface area contributed by atoms with Gasteiger partial charge in [0.05, 0.1) is 10.8 Å². The van der Waals surface area contributed by atoms with Crippen molar-refractivity contribution in [1.82, 2.24) is 5.32 Å². The topological polar surface area (TPSA) is 49.3 Å². The molecule has 2 unspecified atom stereocenters. The van der Waals surface area contributed by atoms with Crippen LogP contribution in [0.25, 0.3) is 0 Å². The molecule has 0 fully saturated rings. The molecule has 0 saturated heterocycles. The highest BCUT2D eigenvalue weighted by Crippen LogP contribution is 2.10. The van der Waals surface area contributed by atoms with E-state index in [0.29, 0.717) is 17.1 Å².